The summed E-state index contributed by atoms with van der Waals surface area (Å²) in [6.45, 7) is -0.379. The molecular formula is C19H20ClN5O4. The molecule has 2 aromatic carbocycles. The van der Waals surface area contributed by atoms with Gasteiger partial charge >= 0.3 is 5.97 Å². The average molecular weight is 418 g/mol. The zero-order chi connectivity index (χ0) is 21.2. The molecule has 9 nitrogen and oxygen atoms in total. The minimum atomic E-state index is -1.19. The van der Waals surface area contributed by atoms with Crippen molar-refractivity contribution < 1.29 is 19.5 Å². The summed E-state index contributed by atoms with van der Waals surface area (Å²) in [5, 5.41) is 14.6. The van der Waals surface area contributed by atoms with Gasteiger partial charge in [0.15, 0.2) is 0 Å². The van der Waals surface area contributed by atoms with Crippen LogP contribution < -0.4 is 21.9 Å². The van der Waals surface area contributed by atoms with E-state index in [1.807, 2.05) is 0 Å². The van der Waals surface area contributed by atoms with Crippen molar-refractivity contribution in [1.29, 1.82) is 0 Å². The maximum Gasteiger partial charge on any atom is 0.326 e. The van der Waals surface area contributed by atoms with E-state index in [2.05, 4.69) is 21.1 Å². The van der Waals surface area contributed by atoms with Crippen LogP contribution in [-0.4, -0.2) is 41.8 Å². The molecule has 6 N–H and O–H groups in total. The molecule has 0 aliphatic carbocycles. The number of amides is 2. The average Bonchev–Trinajstić information content (AvgIpc) is 2.70. The summed E-state index contributed by atoms with van der Waals surface area (Å²) >= 11 is 5.89. The number of hydrogen-bond acceptors (Lipinski definition) is 5. The Balaban J connectivity index is 1.92. The Morgan fingerprint density at radius 2 is 1.93 bits per heavy atom. The molecule has 2 rings (SSSR count). The van der Waals surface area contributed by atoms with Crippen molar-refractivity contribution in [1.82, 2.24) is 16.1 Å². The van der Waals surface area contributed by atoms with Crippen molar-refractivity contribution in [2.45, 2.75) is 12.5 Å². The molecule has 0 radical (unpaired) electrons. The van der Waals surface area contributed by atoms with Gasteiger partial charge in [-0.2, -0.15) is 0 Å². The minimum Gasteiger partial charge on any atom is -0.480 e. The SMILES string of the molecule is NNC=Nc1cccc(C(=O)NCC(=O)NC(Cc2cccc(Cl)c2)C(=O)O)c1. The molecule has 0 saturated carbocycles. The topological polar surface area (TPSA) is 146 Å². The number of hydrazine groups is 1. The van der Waals surface area contributed by atoms with Gasteiger partial charge in [-0.05, 0) is 35.9 Å². The predicted octanol–water partition coefficient (Wildman–Crippen LogP) is 1.01. The lowest BCUT2D eigenvalue weighted by Gasteiger charge is -2.15. The van der Waals surface area contributed by atoms with Gasteiger partial charge in [-0.25, -0.2) is 15.6 Å². The van der Waals surface area contributed by atoms with Gasteiger partial charge in [-0.3, -0.25) is 9.59 Å². The number of carboxylic acid groups (broad SMARTS) is 1. The van der Waals surface area contributed by atoms with E-state index in [1.54, 1.807) is 42.5 Å². The fourth-order valence-electron chi connectivity index (χ4n) is 2.45. The monoisotopic (exact) mass is 417 g/mol. The maximum atomic E-state index is 12.2. The van der Waals surface area contributed by atoms with E-state index < -0.39 is 23.8 Å². The van der Waals surface area contributed by atoms with E-state index in [9.17, 15) is 19.5 Å². The molecule has 0 aliphatic rings. The van der Waals surface area contributed by atoms with Crippen LogP contribution in [0.3, 0.4) is 0 Å². The van der Waals surface area contributed by atoms with Crippen LogP contribution in [-0.2, 0) is 16.0 Å². The number of aliphatic carboxylic acids is 1. The molecule has 0 heterocycles. The van der Waals surface area contributed by atoms with Crippen LogP contribution in [0.1, 0.15) is 15.9 Å². The lowest BCUT2D eigenvalue weighted by molar-refractivity contribution is -0.141. The van der Waals surface area contributed by atoms with Gasteiger partial charge in [0, 0.05) is 17.0 Å². The summed E-state index contributed by atoms with van der Waals surface area (Å²) in [5.41, 5.74) is 3.70. The van der Waals surface area contributed by atoms with Gasteiger partial charge in [-0.1, -0.05) is 29.8 Å². The summed E-state index contributed by atoms with van der Waals surface area (Å²) in [6, 6.07) is 11.9. The number of rotatable bonds is 9. The molecule has 0 fully saturated rings. The van der Waals surface area contributed by atoms with Crippen molar-refractivity contribution in [3.05, 3.63) is 64.7 Å². The third-order valence-corrected chi connectivity index (χ3v) is 4.00. The highest BCUT2D eigenvalue weighted by Gasteiger charge is 2.21. The first kappa shape index (κ1) is 21.9. The van der Waals surface area contributed by atoms with Crippen LogP contribution in [0.2, 0.25) is 5.02 Å². The molecule has 0 bridgehead atoms. The molecule has 10 heteroatoms. The third-order valence-electron chi connectivity index (χ3n) is 3.77. The van der Waals surface area contributed by atoms with E-state index in [0.717, 1.165) is 0 Å². The number of carbonyl (C=O) groups is 3. The lowest BCUT2D eigenvalue weighted by Crippen LogP contribution is -2.46. The summed E-state index contributed by atoms with van der Waals surface area (Å²) in [5.74, 6) is 2.78. The normalized spacial score (nSPS) is 11.7. The number of carbonyl (C=O) groups excluding carboxylic acids is 2. The van der Waals surface area contributed by atoms with Crippen LogP contribution in [0.4, 0.5) is 5.69 Å². The second-order valence-electron chi connectivity index (χ2n) is 5.95. The van der Waals surface area contributed by atoms with Crippen LogP contribution in [0.15, 0.2) is 53.5 Å². The van der Waals surface area contributed by atoms with Gasteiger partial charge in [0.05, 0.1) is 12.2 Å². The second kappa shape index (κ2) is 10.8. The number of hydrogen-bond donors (Lipinski definition) is 5. The van der Waals surface area contributed by atoms with E-state index in [1.165, 1.54) is 12.4 Å². The number of nitrogens with zero attached hydrogens (tertiary/aromatic N) is 1. The highest BCUT2D eigenvalue weighted by atomic mass is 35.5. The Morgan fingerprint density at radius 1 is 1.17 bits per heavy atom. The van der Waals surface area contributed by atoms with Gasteiger partial charge in [0.1, 0.15) is 12.4 Å². The third kappa shape index (κ3) is 7.24. The molecule has 1 atom stereocenters. The molecule has 0 saturated heterocycles. The van der Waals surface area contributed by atoms with Crippen molar-refractivity contribution in [2.24, 2.45) is 10.8 Å². The van der Waals surface area contributed by atoms with Crippen molar-refractivity contribution in [2.75, 3.05) is 6.54 Å². The first-order valence-electron chi connectivity index (χ1n) is 8.52. The summed E-state index contributed by atoms with van der Waals surface area (Å²) < 4.78 is 0. The van der Waals surface area contributed by atoms with E-state index in [0.29, 0.717) is 16.3 Å². The van der Waals surface area contributed by atoms with E-state index in [4.69, 9.17) is 17.4 Å². The molecule has 152 valence electrons. The highest BCUT2D eigenvalue weighted by Crippen LogP contribution is 2.14. The fourth-order valence-corrected chi connectivity index (χ4v) is 2.66. The summed E-state index contributed by atoms with van der Waals surface area (Å²) in [4.78, 5) is 39.7. The van der Waals surface area contributed by atoms with Gasteiger partial charge < -0.3 is 21.2 Å². The number of nitrogens with one attached hydrogen (secondary N) is 3. The molecule has 0 spiro atoms. The molecular weight excluding hydrogens is 398 g/mol. The highest BCUT2D eigenvalue weighted by molar-refractivity contribution is 6.30. The van der Waals surface area contributed by atoms with Gasteiger partial charge in [0.25, 0.3) is 5.91 Å². The Bertz CT molecular complexity index is 919. The lowest BCUT2D eigenvalue weighted by atomic mass is 10.1. The smallest absolute Gasteiger partial charge is 0.326 e. The zero-order valence-electron chi connectivity index (χ0n) is 15.3. The fraction of sp³-hybridized carbons (Fsp3) is 0.158. The van der Waals surface area contributed by atoms with Crippen molar-refractivity contribution in [3.63, 3.8) is 0 Å². The molecule has 29 heavy (non-hydrogen) atoms. The van der Waals surface area contributed by atoms with Crippen LogP contribution in [0.5, 0.6) is 0 Å². The quantitative estimate of drug-likeness (QED) is 0.178. The molecule has 0 aromatic heterocycles. The van der Waals surface area contributed by atoms with Crippen LogP contribution in [0, 0.1) is 0 Å². The Labute approximate surface area is 171 Å². The van der Waals surface area contributed by atoms with E-state index in [-0.39, 0.29) is 18.5 Å². The van der Waals surface area contributed by atoms with Crippen molar-refractivity contribution >= 4 is 41.4 Å². The standard InChI is InChI=1S/C19H20ClN5O4/c20-14-5-1-3-12(7-14)8-16(19(28)29)25-17(26)10-22-18(27)13-4-2-6-15(9-13)23-11-24-21/h1-7,9,11,16H,8,10,21H2,(H,22,27)(H,23,24)(H,25,26)(H,28,29). The van der Waals surface area contributed by atoms with Crippen molar-refractivity contribution in [3.8, 4) is 0 Å². The van der Waals surface area contributed by atoms with Gasteiger partial charge in [-0.15, -0.1) is 0 Å². The Hall–Kier alpha value is -3.43. The largest absolute Gasteiger partial charge is 0.480 e. The zero-order valence-corrected chi connectivity index (χ0v) is 16.0. The van der Waals surface area contributed by atoms with Gasteiger partial charge in [0.2, 0.25) is 5.91 Å². The number of carboxylic acids is 1. The summed E-state index contributed by atoms with van der Waals surface area (Å²) in [7, 11) is 0. The minimum absolute atomic E-state index is 0.0603. The second-order valence-corrected chi connectivity index (χ2v) is 6.39. The molecule has 2 aromatic rings. The predicted molar refractivity (Wildman–Crippen MR) is 109 cm³/mol. The first-order valence-corrected chi connectivity index (χ1v) is 8.90. The summed E-state index contributed by atoms with van der Waals surface area (Å²) in [6.07, 6.45) is 1.32. The van der Waals surface area contributed by atoms with Crippen LogP contribution >= 0.6 is 11.6 Å². The first-order chi connectivity index (χ1) is 13.9. The van der Waals surface area contributed by atoms with Crippen LogP contribution in [0.25, 0.3) is 0 Å². The molecule has 0 aliphatic heterocycles. The number of aliphatic imine (C=N–C) groups is 1. The molecule has 2 amide bonds. The Kier molecular flexibility index (Phi) is 8.13. The number of halogens is 1. The number of nitrogens with two attached hydrogens (primary N) is 1. The maximum absolute atomic E-state index is 12.2. The molecule has 1 unspecified atom stereocenters. The number of benzene rings is 2. The van der Waals surface area contributed by atoms with E-state index >= 15 is 0 Å². The Morgan fingerprint density at radius 3 is 2.62 bits per heavy atom.